The van der Waals surface area contributed by atoms with Crippen LogP contribution in [-0.4, -0.2) is 82.6 Å². The molecule has 0 radical (unpaired) electrons. The lowest BCUT2D eigenvalue weighted by molar-refractivity contribution is -0.225. The number of ether oxygens (including phenoxy) is 6. The van der Waals surface area contributed by atoms with Crippen LogP contribution in [0.1, 0.15) is 294 Å². The summed E-state index contributed by atoms with van der Waals surface area (Å²) >= 11 is 0. The van der Waals surface area contributed by atoms with Gasteiger partial charge in [0.15, 0.2) is 0 Å². The first kappa shape index (κ1) is 90.0. The number of fused-ring (bicyclic) bond motifs is 1. The monoisotopic (exact) mass is 1180 g/mol. The first-order valence-corrected chi connectivity index (χ1v) is 27.7. The minimum absolute atomic E-state index is 0. The van der Waals surface area contributed by atoms with Gasteiger partial charge in [0.05, 0.1) is 40.3 Å². The normalized spacial score (nSPS) is 33.5. The Morgan fingerprint density at radius 1 is 0.585 bits per heavy atom. The SMILES string of the molecule is C.C.C.C.C.C.C.C.C.C.C.C.CCC(C)(C)C(=O)OC1(CC)C2CC3CC(C2)CC1C3.CCC(C)(C)C(=O)OC12CC3CC(CC(O)(C3)C1)C2.CCC(C)(C)C(=O)OC1CCOC1=O.CCC(C)C(=O)OC1C2CC3C(=O)OC1C3C2. The Morgan fingerprint density at radius 2 is 1.04 bits per heavy atom. The third-order valence-electron chi connectivity index (χ3n) is 19.8. The lowest BCUT2D eigenvalue weighted by atomic mass is 9.49. The van der Waals surface area contributed by atoms with Crippen molar-refractivity contribution in [2.75, 3.05) is 6.61 Å². The highest BCUT2D eigenvalue weighted by Crippen LogP contribution is 2.62. The molecule has 9 unspecified atom stereocenters. The molecule has 0 aromatic heterocycles. The fourth-order valence-electron chi connectivity index (χ4n) is 14.5. The van der Waals surface area contributed by atoms with Crippen LogP contribution >= 0.6 is 0 Å². The van der Waals surface area contributed by atoms with Crippen molar-refractivity contribution in [2.24, 2.45) is 75.4 Å². The zero-order valence-corrected chi connectivity index (χ0v) is 45.0. The molecule has 0 aromatic carbocycles. The number of hydrogen-bond acceptors (Lipinski definition) is 13. The van der Waals surface area contributed by atoms with Crippen LogP contribution in [0.15, 0.2) is 0 Å². The first-order valence-electron chi connectivity index (χ1n) is 27.7. The lowest BCUT2D eigenvalue weighted by Crippen LogP contribution is -2.61. The maximum Gasteiger partial charge on any atom is 0.347 e. The smallest absolute Gasteiger partial charge is 0.347 e. The number of aliphatic hydroxyl groups is 1. The van der Waals surface area contributed by atoms with Crippen LogP contribution in [0.5, 0.6) is 0 Å². The van der Waals surface area contributed by atoms with Gasteiger partial charge in [-0.2, -0.15) is 0 Å². The van der Waals surface area contributed by atoms with Crippen molar-refractivity contribution >= 4 is 35.8 Å². The second kappa shape index (κ2) is 34.2. The highest BCUT2D eigenvalue weighted by atomic mass is 16.6. The topological polar surface area (TPSA) is 178 Å². The Bertz CT molecular complexity index is 1910. The summed E-state index contributed by atoms with van der Waals surface area (Å²) in [5, 5.41) is 10.6. The summed E-state index contributed by atoms with van der Waals surface area (Å²) in [5.41, 5.74) is -2.31. The molecule has 0 spiro atoms. The summed E-state index contributed by atoms with van der Waals surface area (Å²) in [6.45, 7) is 24.0. The Kier molecular flexibility index (Phi) is 37.5. The van der Waals surface area contributed by atoms with Crippen molar-refractivity contribution < 1.29 is 62.3 Å². The highest BCUT2D eigenvalue weighted by molar-refractivity contribution is 5.83. The number of esters is 6. The molecule has 82 heavy (non-hydrogen) atoms. The van der Waals surface area contributed by atoms with E-state index in [9.17, 15) is 33.9 Å². The predicted molar refractivity (Wildman–Crippen MR) is 342 cm³/mol. The Hall–Kier alpha value is -3.22. The zero-order chi connectivity index (χ0) is 51.4. The average molecular weight is 1180 g/mol. The Morgan fingerprint density at radius 3 is 1.45 bits per heavy atom. The molecule has 9 atom stereocenters. The second-order valence-electron chi connectivity index (χ2n) is 25.9. The number of hydrogen-bond donors (Lipinski definition) is 1. The van der Waals surface area contributed by atoms with E-state index in [4.69, 9.17) is 28.4 Å². The number of carbonyl (C=O) groups is 6. The van der Waals surface area contributed by atoms with Gasteiger partial charge < -0.3 is 33.5 Å². The largest absolute Gasteiger partial charge is 0.463 e. The minimum atomic E-state index is -0.687. The fraction of sp³-hybridized carbons (Fsp3) is 0.913. The molecule has 13 nitrogen and oxygen atoms in total. The van der Waals surface area contributed by atoms with Crippen LogP contribution in [0.4, 0.5) is 0 Å². The third-order valence-corrected chi connectivity index (χ3v) is 19.8. The molecule has 2 heterocycles. The Balaban J connectivity index is -0.000000225. The van der Waals surface area contributed by atoms with E-state index in [0.717, 1.165) is 76.0 Å². The lowest BCUT2D eigenvalue weighted by Gasteiger charge is -2.60. The van der Waals surface area contributed by atoms with E-state index in [-0.39, 0.29) is 160 Å². The molecule has 12 rings (SSSR count). The maximum atomic E-state index is 12.6. The molecule has 10 saturated carbocycles. The van der Waals surface area contributed by atoms with Crippen molar-refractivity contribution in [2.45, 2.75) is 329 Å². The van der Waals surface area contributed by atoms with Crippen molar-refractivity contribution in [1.29, 1.82) is 0 Å². The molecule has 492 valence electrons. The van der Waals surface area contributed by atoms with E-state index >= 15 is 0 Å². The van der Waals surface area contributed by atoms with Crippen LogP contribution in [0.3, 0.4) is 0 Å². The molecule has 2 aliphatic heterocycles. The fourth-order valence-corrected chi connectivity index (χ4v) is 14.5. The molecule has 12 aliphatic rings. The molecule has 0 aromatic rings. The van der Waals surface area contributed by atoms with Gasteiger partial charge in [-0.05, 0) is 186 Å². The van der Waals surface area contributed by atoms with Crippen molar-refractivity contribution in [3.63, 3.8) is 0 Å². The van der Waals surface area contributed by atoms with Crippen molar-refractivity contribution in [1.82, 2.24) is 0 Å². The van der Waals surface area contributed by atoms with E-state index in [1.165, 1.54) is 38.5 Å². The average Bonchev–Trinajstić information content (AvgIpc) is 4.05. The number of carbonyl (C=O) groups excluding carboxylic acids is 6. The molecule has 0 amide bonds. The zero-order valence-electron chi connectivity index (χ0n) is 45.0. The van der Waals surface area contributed by atoms with Gasteiger partial charge >= 0.3 is 35.8 Å². The molecule has 13 heteroatoms. The Labute approximate surface area is 507 Å². The molecule has 10 aliphatic carbocycles. The van der Waals surface area contributed by atoms with Gasteiger partial charge in [-0.1, -0.05) is 131 Å². The minimum Gasteiger partial charge on any atom is -0.463 e. The van der Waals surface area contributed by atoms with Gasteiger partial charge in [-0.3, -0.25) is 24.0 Å². The first-order chi connectivity index (χ1) is 32.8. The van der Waals surface area contributed by atoms with E-state index in [1.807, 2.05) is 55.4 Å². The quantitative estimate of drug-likeness (QED) is 0.136. The van der Waals surface area contributed by atoms with E-state index in [2.05, 4.69) is 13.8 Å². The summed E-state index contributed by atoms with van der Waals surface area (Å²) in [5.74, 6) is 3.89. The number of rotatable bonds is 13. The van der Waals surface area contributed by atoms with Crippen LogP contribution in [-0.2, 0) is 57.2 Å². The molecular weight excluding hydrogens is 1040 g/mol. The number of cyclic esters (lactones) is 1. The highest BCUT2D eigenvalue weighted by Gasteiger charge is 2.64. The second-order valence-corrected chi connectivity index (χ2v) is 25.9. The van der Waals surface area contributed by atoms with Gasteiger partial charge in [-0.25, -0.2) is 4.79 Å². The van der Waals surface area contributed by atoms with Gasteiger partial charge in [0, 0.05) is 24.7 Å². The summed E-state index contributed by atoms with van der Waals surface area (Å²) in [6, 6.07) is 0. The van der Waals surface area contributed by atoms with E-state index < -0.39 is 28.5 Å². The van der Waals surface area contributed by atoms with Crippen molar-refractivity contribution in [3.8, 4) is 0 Å². The van der Waals surface area contributed by atoms with E-state index in [0.29, 0.717) is 61.4 Å². The maximum absolute atomic E-state index is 12.6. The van der Waals surface area contributed by atoms with E-state index in [1.54, 1.807) is 13.8 Å². The molecule has 2 saturated heterocycles. The van der Waals surface area contributed by atoms with Crippen LogP contribution < -0.4 is 0 Å². The van der Waals surface area contributed by atoms with Gasteiger partial charge in [-0.15, -0.1) is 0 Å². The van der Waals surface area contributed by atoms with Gasteiger partial charge in [0.1, 0.15) is 23.4 Å². The van der Waals surface area contributed by atoms with Crippen molar-refractivity contribution in [3.05, 3.63) is 0 Å². The molecule has 1 N–H and O–H groups in total. The van der Waals surface area contributed by atoms with Crippen LogP contribution in [0.25, 0.3) is 0 Å². The standard InChI is InChI=1S/C18H30O2.C16H26O3.C13H18O4.C10H16O4.12CH4/c1-5-17(3,4)16(19)20-18(6-2)14-8-12-7-13(10-14)11-15(18)9-12;1-4-14(2,3)13(17)19-16-8-11-5-12(9-16)7-15(18,6-11)10-16;1-3-6(2)12(14)16-10-7-4-8-9(5-7)13(15)17-11(8)10;1-4-10(2,3)9(12)14-7-5-6-13-8(7)11;;;;;;;;;;;;/h12-15H,5-11H2,1-4H3;11-12,18H,4-10H2,1-3H3;6-11H,3-5H2,1-2H3;7H,4-6H2,1-3H3;12*1H4. The molecular formula is C69H138O13. The van der Waals surface area contributed by atoms with Gasteiger partial charge in [0.25, 0.3) is 0 Å². The van der Waals surface area contributed by atoms with Crippen LogP contribution in [0, 0.1) is 75.4 Å². The summed E-state index contributed by atoms with van der Waals surface area (Å²) in [4.78, 5) is 71.0. The molecule has 12 fully saturated rings. The molecule has 10 bridgehead atoms. The summed E-state index contributed by atoms with van der Waals surface area (Å²) in [7, 11) is 0. The summed E-state index contributed by atoms with van der Waals surface area (Å²) < 4.78 is 32.9. The van der Waals surface area contributed by atoms with Crippen LogP contribution in [0.2, 0.25) is 0 Å². The summed E-state index contributed by atoms with van der Waals surface area (Å²) in [6.07, 6.45) is 17.7. The predicted octanol–water partition coefficient (Wildman–Crippen LogP) is 18.1. The van der Waals surface area contributed by atoms with Gasteiger partial charge in [0.2, 0.25) is 6.10 Å². The third kappa shape index (κ3) is 18.4.